The maximum absolute atomic E-state index is 2.53. The molecule has 0 fully saturated rings. The number of rotatable bonds is 4. The standard InChI is InChI=1S/C15H23N/c1-3-4-5-10-15-14-9-7-6-8-13(14)11-12-16(15)2/h6-9,15H,3-5,10-12H2,1-2H3. The van der Waals surface area contributed by atoms with Crippen molar-refractivity contribution in [2.45, 2.75) is 45.1 Å². The van der Waals surface area contributed by atoms with Gasteiger partial charge in [-0.3, -0.25) is 4.90 Å². The first-order valence-electron chi connectivity index (χ1n) is 6.61. The van der Waals surface area contributed by atoms with Gasteiger partial charge in [0.1, 0.15) is 0 Å². The van der Waals surface area contributed by atoms with E-state index in [4.69, 9.17) is 0 Å². The lowest BCUT2D eigenvalue weighted by Gasteiger charge is -2.34. The molecular weight excluding hydrogens is 194 g/mol. The monoisotopic (exact) mass is 217 g/mol. The summed E-state index contributed by atoms with van der Waals surface area (Å²) in [6.07, 6.45) is 6.59. The van der Waals surface area contributed by atoms with E-state index in [9.17, 15) is 0 Å². The number of unbranched alkanes of at least 4 members (excludes halogenated alkanes) is 2. The summed E-state index contributed by atoms with van der Waals surface area (Å²) >= 11 is 0. The van der Waals surface area contributed by atoms with Crippen molar-refractivity contribution in [1.82, 2.24) is 4.90 Å². The largest absolute Gasteiger partial charge is 0.299 e. The Morgan fingerprint density at radius 3 is 2.88 bits per heavy atom. The molecule has 1 unspecified atom stereocenters. The lowest BCUT2D eigenvalue weighted by Crippen LogP contribution is -2.32. The van der Waals surface area contributed by atoms with Crippen LogP contribution in [0, 0.1) is 0 Å². The van der Waals surface area contributed by atoms with Gasteiger partial charge in [0.25, 0.3) is 0 Å². The van der Waals surface area contributed by atoms with Gasteiger partial charge in [-0.15, -0.1) is 0 Å². The van der Waals surface area contributed by atoms with Gasteiger partial charge < -0.3 is 0 Å². The quantitative estimate of drug-likeness (QED) is 0.693. The van der Waals surface area contributed by atoms with Crippen LogP contribution in [0.25, 0.3) is 0 Å². The number of benzene rings is 1. The zero-order chi connectivity index (χ0) is 11.4. The fourth-order valence-electron chi connectivity index (χ4n) is 2.74. The molecule has 16 heavy (non-hydrogen) atoms. The van der Waals surface area contributed by atoms with Gasteiger partial charge in [-0.2, -0.15) is 0 Å². The van der Waals surface area contributed by atoms with Crippen molar-refractivity contribution < 1.29 is 0 Å². The van der Waals surface area contributed by atoms with Gasteiger partial charge in [0, 0.05) is 12.6 Å². The molecule has 2 rings (SSSR count). The second-order valence-electron chi connectivity index (χ2n) is 4.94. The minimum absolute atomic E-state index is 0.663. The molecule has 88 valence electrons. The Labute approximate surface area is 99.5 Å². The molecule has 0 aromatic heterocycles. The molecule has 1 heterocycles. The molecule has 1 nitrogen and oxygen atoms in total. The van der Waals surface area contributed by atoms with Crippen LogP contribution in [0.3, 0.4) is 0 Å². The van der Waals surface area contributed by atoms with Crippen molar-refractivity contribution in [3.63, 3.8) is 0 Å². The van der Waals surface area contributed by atoms with Gasteiger partial charge in [-0.1, -0.05) is 50.5 Å². The smallest absolute Gasteiger partial charge is 0.0347 e. The van der Waals surface area contributed by atoms with Crippen LogP contribution in [-0.4, -0.2) is 18.5 Å². The number of hydrogen-bond acceptors (Lipinski definition) is 1. The Morgan fingerprint density at radius 2 is 2.06 bits per heavy atom. The van der Waals surface area contributed by atoms with E-state index < -0.39 is 0 Å². The van der Waals surface area contributed by atoms with Crippen LogP contribution >= 0.6 is 0 Å². The molecule has 0 bridgehead atoms. The van der Waals surface area contributed by atoms with E-state index in [1.165, 1.54) is 38.6 Å². The lowest BCUT2D eigenvalue weighted by molar-refractivity contribution is 0.215. The summed E-state index contributed by atoms with van der Waals surface area (Å²) in [4.78, 5) is 2.53. The minimum atomic E-state index is 0.663. The Balaban J connectivity index is 2.10. The number of fused-ring (bicyclic) bond motifs is 1. The zero-order valence-electron chi connectivity index (χ0n) is 10.6. The molecule has 0 spiro atoms. The first-order valence-corrected chi connectivity index (χ1v) is 6.61. The van der Waals surface area contributed by atoms with Crippen molar-refractivity contribution in [2.75, 3.05) is 13.6 Å². The van der Waals surface area contributed by atoms with Crippen LogP contribution in [0.15, 0.2) is 24.3 Å². The van der Waals surface area contributed by atoms with Gasteiger partial charge >= 0.3 is 0 Å². The highest BCUT2D eigenvalue weighted by molar-refractivity contribution is 5.32. The highest BCUT2D eigenvalue weighted by Crippen LogP contribution is 2.32. The second-order valence-corrected chi connectivity index (χ2v) is 4.94. The third kappa shape index (κ3) is 2.46. The van der Waals surface area contributed by atoms with E-state index in [0.29, 0.717) is 6.04 Å². The summed E-state index contributed by atoms with van der Waals surface area (Å²) < 4.78 is 0. The topological polar surface area (TPSA) is 3.24 Å². The van der Waals surface area contributed by atoms with Crippen LogP contribution in [-0.2, 0) is 6.42 Å². The third-order valence-corrected chi connectivity index (χ3v) is 3.76. The number of likely N-dealkylation sites (N-methyl/N-ethyl adjacent to an activating group) is 1. The van der Waals surface area contributed by atoms with E-state index in [1.807, 2.05) is 0 Å². The van der Waals surface area contributed by atoms with Crippen molar-refractivity contribution >= 4 is 0 Å². The minimum Gasteiger partial charge on any atom is -0.299 e. The molecule has 0 saturated heterocycles. The van der Waals surface area contributed by atoms with Gasteiger partial charge in [0.05, 0.1) is 0 Å². The molecule has 0 aliphatic carbocycles. The average Bonchev–Trinajstić information content (AvgIpc) is 2.32. The highest BCUT2D eigenvalue weighted by atomic mass is 15.1. The summed E-state index contributed by atoms with van der Waals surface area (Å²) in [5, 5.41) is 0. The Kier molecular flexibility index (Phi) is 4.00. The van der Waals surface area contributed by atoms with Crippen molar-refractivity contribution in [3.8, 4) is 0 Å². The van der Waals surface area contributed by atoms with Gasteiger partial charge in [-0.25, -0.2) is 0 Å². The van der Waals surface area contributed by atoms with Gasteiger partial charge in [0.2, 0.25) is 0 Å². The maximum atomic E-state index is 2.53. The predicted molar refractivity (Wildman–Crippen MR) is 69.7 cm³/mol. The van der Waals surface area contributed by atoms with Crippen molar-refractivity contribution in [1.29, 1.82) is 0 Å². The SMILES string of the molecule is CCCCCC1c2ccccc2CCN1C. The molecular formula is C15H23N. The van der Waals surface area contributed by atoms with Crippen LogP contribution in [0.5, 0.6) is 0 Å². The predicted octanol–water partition coefficient (Wildman–Crippen LogP) is 3.80. The summed E-state index contributed by atoms with van der Waals surface area (Å²) in [7, 11) is 2.27. The van der Waals surface area contributed by atoms with E-state index in [1.54, 1.807) is 11.1 Å². The summed E-state index contributed by atoms with van der Waals surface area (Å²) in [5.41, 5.74) is 3.15. The first kappa shape index (κ1) is 11.7. The summed E-state index contributed by atoms with van der Waals surface area (Å²) in [6.45, 7) is 3.49. The van der Waals surface area contributed by atoms with Crippen LogP contribution in [0.1, 0.15) is 49.8 Å². The van der Waals surface area contributed by atoms with E-state index >= 15 is 0 Å². The molecule has 1 aromatic rings. The first-order chi connectivity index (χ1) is 7.83. The van der Waals surface area contributed by atoms with E-state index in [0.717, 1.165) is 0 Å². The van der Waals surface area contributed by atoms with Gasteiger partial charge in [-0.05, 0) is 31.0 Å². The fourth-order valence-corrected chi connectivity index (χ4v) is 2.74. The highest BCUT2D eigenvalue weighted by Gasteiger charge is 2.23. The van der Waals surface area contributed by atoms with E-state index in [-0.39, 0.29) is 0 Å². The Bertz CT molecular complexity index is 332. The van der Waals surface area contributed by atoms with Crippen molar-refractivity contribution in [2.24, 2.45) is 0 Å². The number of hydrogen-bond donors (Lipinski definition) is 0. The molecule has 0 radical (unpaired) electrons. The van der Waals surface area contributed by atoms with Crippen LogP contribution < -0.4 is 0 Å². The maximum Gasteiger partial charge on any atom is 0.0347 e. The fraction of sp³-hybridized carbons (Fsp3) is 0.600. The molecule has 0 N–H and O–H groups in total. The summed E-state index contributed by atoms with van der Waals surface area (Å²) in [6, 6.07) is 9.64. The second kappa shape index (κ2) is 5.49. The van der Waals surface area contributed by atoms with E-state index in [2.05, 4.69) is 43.1 Å². The third-order valence-electron chi connectivity index (χ3n) is 3.76. The Hall–Kier alpha value is -0.820. The normalized spacial score (nSPS) is 20.8. The average molecular weight is 217 g/mol. The molecule has 1 atom stereocenters. The Morgan fingerprint density at radius 1 is 1.25 bits per heavy atom. The summed E-state index contributed by atoms with van der Waals surface area (Å²) in [5.74, 6) is 0. The molecule has 0 amide bonds. The molecule has 0 saturated carbocycles. The molecule has 1 aliphatic heterocycles. The molecule has 1 aliphatic rings. The van der Waals surface area contributed by atoms with Crippen LogP contribution in [0.4, 0.5) is 0 Å². The van der Waals surface area contributed by atoms with Crippen LogP contribution in [0.2, 0.25) is 0 Å². The van der Waals surface area contributed by atoms with Crippen molar-refractivity contribution in [3.05, 3.63) is 35.4 Å². The molecule has 1 aromatic carbocycles. The zero-order valence-corrected chi connectivity index (χ0v) is 10.6. The lowest BCUT2D eigenvalue weighted by atomic mass is 9.90. The van der Waals surface area contributed by atoms with Gasteiger partial charge in [0.15, 0.2) is 0 Å². The molecule has 1 heteroatoms. The number of nitrogens with zero attached hydrogens (tertiary/aromatic N) is 1.